The van der Waals surface area contributed by atoms with Crippen molar-refractivity contribution >= 4 is 21.9 Å². The van der Waals surface area contributed by atoms with Crippen molar-refractivity contribution in [2.45, 2.75) is 26.8 Å². The van der Waals surface area contributed by atoms with Gasteiger partial charge in [0.2, 0.25) is 0 Å². The normalized spacial score (nSPS) is 10.7. The summed E-state index contributed by atoms with van der Waals surface area (Å²) in [5.74, 6) is -0.150. The number of carbonyl (C=O) groups excluding carboxylic acids is 1. The van der Waals surface area contributed by atoms with Crippen LogP contribution < -0.4 is 0 Å². The van der Waals surface area contributed by atoms with Crippen molar-refractivity contribution in [2.24, 2.45) is 0 Å². The number of hydrogen-bond acceptors (Lipinski definition) is 3. The van der Waals surface area contributed by atoms with Crippen molar-refractivity contribution in [1.29, 1.82) is 0 Å². The van der Waals surface area contributed by atoms with E-state index in [9.17, 15) is 4.79 Å². The van der Waals surface area contributed by atoms with E-state index in [1.54, 1.807) is 0 Å². The zero-order valence-corrected chi connectivity index (χ0v) is 12.6. The van der Waals surface area contributed by atoms with Gasteiger partial charge in [-0.25, -0.2) is 0 Å². The van der Waals surface area contributed by atoms with Crippen LogP contribution in [0.1, 0.15) is 25.8 Å². The Morgan fingerprint density at radius 2 is 1.94 bits per heavy atom. The van der Waals surface area contributed by atoms with Crippen LogP contribution in [-0.4, -0.2) is 30.6 Å². The van der Waals surface area contributed by atoms with Gasteiger partial charge in [0, 0.05) is 11.0 Å². The molecule has 0 atom stereocenters. The fraction of sp³-hybridized carbons (Fsp3) is 0.500. The summed E-state index contributed by atoms with van der Waals surface area (Å²) in [7, 11) is 0. The molecule has 0 N–H and O–H groups in total. The van der Waals surface area contributed by atoms with Crippen molar-refractivity contribution in [3.63, 3.8) is 0 Å². The smallest absolute Gasteiger partial charge is 0.320 e. The third-order valence-corrected chi connectivity index (χ3v) is 3.05. The minimum atomic E-state index is -0.150. The van der Waals surface area contributed by atoms with E-state index >= 15 is 0 Å². The Kier molecular flexibility index (Phi) is 6.98. The Morgan fingerprint density at radius 1 is 1.28 bits per heavy atom. The molecular formula is C14H20BrNO2. The van der Waals surface area contributed by atoms with Crippen LogP contribution in [0.4, 0.5) is 0 Å². The van der Waals surface area contributed by atoms with E-state index in [2.05, 4.69) is 39.9 Å². The Hall–Kier alpha value is -0.870. The van der Waals surface area contributed by atoms with Crippen LogP contribution in [0.5, 0.6) is 0 Å². The van der Waals surface area contributed by atoms with Gasteiger partial charge in [-0.3, -0.25) is 9.69 Å². The molecule has 1 aromatic carbocycles. The highest BCUT2D eigenvalue weighted by Crippen LogP contribution is 2.12. The zero-order chi connectivity index (χ0) is 13.4. The van der Waals surface area contributed by atoms with Crippen LogP contribution in [0.25, 0.3) is 0 Å². The highest BCUT2D eigenvalue weighted by molar-refractivity contribution is 9.10. The highest BCUT2D eigenvalue weighted by Gasteiger charge is 2.11. The van der Waals surface area contributed by atoms with Crippen LogP contribution in [0, 0.1) is 0 Å². The second-order valence-corrected chi connectivity index (χ2v) is 5.06. The molecule has 0 radical (unpaired) electrons. The van der Waals surface area contributed by atoms with Crippen LogP contribution >= 0.6 is 15.9 Å². The Balaban J connectivity index is 2.56. The average molecular weight is 314 g/mol. The number of esters is 1. The monoisotopic (exact) mass is 313 g/mol. The number of carbonyl (C=O) groups is 1. The van der Waals surface area contributed by atoms with Crippen LogP contribution in [0.15, 0.2) is 28.7 Å². The molecule has 0 unspecified atom stereocenters. The molecule has 4 heteroatoms. The SMILES string of the molecule is CCCN(CC(=O)OCC)Cc1ccc(Br)cc1. The Bertz CT molecular complexity index is 365. The zero-order valence-electron chi connectivity index (χ0n) is 11.0. The van der Waals surface area contributed by atoms with E-state index in [1.807, 2.05) is 19.1 Å². The van der Waals surface area contributed by atoms with Crippen molar-refractivity contribution < 1.29 is 9.53 Å². The average Bonchev–Trinajstić information content (AvgIpc) is 2.32. The first-order chi connectivity index (χ1) is 8.65. The van der Waals surface area contributed by atoms with Gasteiger partial charge in [0.25, 0.3) is 0 Å². The largest absolute Gasteiger partial charge is 0.465 e. The fourth-order valence-corrected chi connectivity index (χ4v) is 2.03. The Labute approximate surface area is 117 Å². The van der Waals surface area contributed by atoms with Gasteiger partial charge < -0.3 is 4.74 Å². The van der Waals surface area contributed by atoms with Crippen LogP contribution in [0.3, 0.4) is 0 Å². The highest BCUT2D eigenvalue weighted by atomic mass is 79.9. The molecule has 1 rings (SSSR count). The minimum absolute atomic E-state index is 0.150. The summed E-state index contributed by atoms with van der Waals surface area (Å²) >= 11 is 3.42. The van der Waals surface area contributed by atoms with Crippen molar-refractivity contribution in [3.05, 3.63) is 34.3 Å². The maximum atomic E-state index is 11.5. The van der Waals surface area contributed by atoms with E-state index in [-0.39, 0.29) is 5.97 Å². The second kappa shape index (κ2) is 8.27. The number of benzene rings is 1. The summed E-state index contributed by atoms with van der Waals surface area (Å²) in [5, 5.41) is 0. The summed E-state index contributed by atoms with van der Waals surface area (Å²) in [6, 6.07) is 8.17. The summed E-state index contributed by atoms with van der Waals surface area (Å²) in [6.45, 7) is 6.42. The van der Waals surface area contributed by atoms with Crippen LogP contribution in [0.2, 0.25) is 0 Å². The van der Waals surface area contributed by atoms with Gasteiger partial charge in [-0.1, -0.05) is 35.0 Å². The predicted octanol–water partition coefficient (Wildman–Crippen LogP) is 3.22. The van der Waals surface area contributed by atoms with Gasteiger partial charge in [-0.05, 0) is 37.6 Å². The maximum absolute atomic E-state index is 11.5. The van der Waals surface area contributed by atoms with Crippen LogP contribution in [-0.2, 0) is 16.1 Å². The van der Waals surface area contributed by atoms with E-state index in [1.165, 1.54) is 5.56 Å². The molecule has 0 bridgehead atoms. The molecule has 0 aliphatic rings. The quantitative estimate of drug-likeness (QED) is 0.724. The molecule has 0 saturated carbocycles. The topological polar surface area (TPSA) is 29.5 Å². The number of nitrogens with zero attached hydrogens (tertiary/aromatic N) is 1. The fourth-order valence-electron chi connectivity index (χ4n) is 1.77. The third kappa shape index (κ3) is 5.65. The third-order valence-electron chi connectivity index (χ3n) is 2.52. The van der Waals surface area contributed by atoms with Crippen molar-refractivity contribution in [3.8, 4) is 0 Å². The lowest BCUT2D eigenvalue weighted by Crippen LogP contribution is -2.31. The lowest BCUT2D eigenvalue weighted by molar-refractivity contribution is -0.144. The van der Waals surface area contributed by atoms with Gasteiger partial charge in [-0.2, -0.15) is 0 Å². The minimum Gasteiger partial charge on any atom is -0.465 e. The van der Waals surface area contributed by atoms with E-state index < -0.39 is 0 Å². The van der Waals surface area contributed by atoms with Crippen molar-refractivity contribution in [1.82, 2.24) is 4.90 Å². The molecular weight excluding hydrogens is 294 g/mol. The van der Waals surface area contributed by atoms with E-state index in [4.69, 9.17) is 4.74 Å². The molecule has 0 saturated heterocycles. The maximum Gasteiger partial charge on any atom is 0.320 e. The molecule has 0 aliphatic carbocycles. The summed E-state index contributed by atoms with van der Waals surface area (Å²) in [4.78, 5) is 13.6. The van der Waals surface area contributed by atoms with E-state index in [0.717, 1.165) is 24.0 Å². The van der Waals surface area contributed by atoms with Crippen molar-refractivity contribution in [2.75, 3.05) is 19.7 Å². The molecule has 100 valence electrons. The molecule has 3 nitrogen and oxygen atoms in total. The van der Waals surface area contributed by atoms with Gasteiger partial charge in [-0.15, -0.1) is 0 Å². The molecule has 0 amide bonds. The molecule has 0 aliphatic heterocycles. The first-order valence-electron chi connectivity index (χ1n) is 6.28. The number of hydrogen-bond donors (Lipinski definition) is 0. The lowest BCUT2D eigenvalue weighted by atomic mass is 10.2. The predicted molar refractivity (Wildman–Crippen MR) is 76.3 cm³/mol. The van der Waals surface area contributed by atoms with E-state index in [0.29, 0.717) is 13.2 Å². The number of halogens is 1. The molecule has 0 heterocycles. The standard InChI is InChI=1S/C14H20BrNO2/c1-3-9-16(11-14(17)18-4-2)10-12-5-7-13(15)8-6-12/h5-8H,3-4,9-11H2,1-2H3. The lowest BCUT2D eigenvalue weighted by Gasteiger charge is -2.20. The second-order valence-electron chi connectivity index (χ2n) is 4.14. The number of ether oxygens (including phenoxy) is 1. The summed E-state index contributed by atoms with van der Waals surface area (Å²) in [6.07, 6.45) is 1.02. The summed E-state index contributed by atoms with van der Waals surface area (Å²) in [5.41, 5.74) is 1.20. The molecule has 1 aromatic rings. The molecule has 18 heavy (non-hydrogen) atoms. The van der Waals surface area contributed by atoms with Gasteiger partial charge in [0.1, 0.15) is 0 Å². The number of rotatable bonds is 7. The van der Waals surface area contributed by atoms with Gasteiger partial charge >= 0.3 is 5.97 Å². The first kappa shape index (κ1) is 15.2. The molecule has 0 aromatic heterocycles. The summed E-state index contributed by atoms with van der Waals surface area (Å²) < 4.78 is 6.06. The van der Waals surface area contributed by atoms with Gasteiger partial charge in [0.05, 0.1) is 13.2 Å². The Morgan fingerprint density at radius 3 is 2.50 bits per heavy atom. The molecule has 0 spiro atoms. The first-order valence-corrected chi connectivity index (χ1v) is 7.07. The van der Waals surface area contributed by atoms with Gasteiger partial charge in [0.15, 0.2) is 0 Å². The molecule has 0 fully saturated rings.